The Hall–Kier alpha value is -3.49. The molecule has 3 heterocycles. The van der Waals surface area contributed by atoms with E-state index in [2.05, 4.69) is 15.2 Å². The summed E-state index contributed by atoms with van der Waals surface area (Å²) in [5, 5.41) is 14.5. The Morgan fingerprint density at radius 1 is 1.09 bits per heavy atom. The number of carbonyl (C=O) groups excluding carboxylic acids is 1. The van der Waals surface area contributed by atoms with E-state index in [1.165, 1.54) is 11.0 Å². The lowest BCUT2D eigenvalue weighted by Gasteiger charge is -2.57. The monoisotopic (exact) mass is 475 g/mol. The van der Waals surface area contributed by atoms with Gasteiger partial charge in [0, 0.05) is 67.6 Å². The summed E-state index contributed by atoms with van der Waals surface area (Å²) < 4.78 is 15.0. The third kappa shape index (κ3) is 4.47. The minimum Gasteiger partial charge on any atom is -0.507 e. The van der Waals surface area contributed by atoms with Crippen LogP contribution in [0.5, 0.6) is 5.75 Å². The molecule has 2 aromatic carbocycles. The fourth-order valence-electron chi connectivity index (χ4n) is 4.85. The molecule has 0 radical (unpaired) electrons. The number of halogens is 1. The number of benzene rings is 2. The van der Waals surface area contributed by atoms with E-state index in [0.717, 1.165) is 37.4 Å². The standard InChI is InChI=1S/C27H30FN5O2/c1-31(2)8-9-32(18-34)25-7-6-19(11-24(25)28)22-4-3-5-23(26(22)35)20-10-21(13-29-12-20)33-16-27(17-33)14-30-15-27/h3-7,10-13,18,30,35H,8-9,14-17H2,1-2H3. The van der Waals surface area contributed by atoms with E-state index < -0.39 is 5.82 Å². The molecule has 1 aromatic heterocycles. The molecular weight excluding hydrogens is 445 g/mol. The van der Waals surface area contributed by atoms with Crippen LogP contribution < -0.4 is 15.1 Å². The second kappa shape index (κ2) is 9.28. The number of hydrogen-bond acceptors (Lipinski definition) is 6. The number of likely N-dealkylation sites (N-methyl/N-ethyl adjacent to an activating group) is 1. The van der Waals surface area contributed by atoms with Crippen LogP contribution in [-0.4, -0.2) is 74.8 Å². The van der Waals surface area contributed by atoms with Gasteiger partial charge in [0.1, 0.15) is 11.6 Å². The van der Waals surface area contributed by atoms with Gasteiger partial charge in [0.2, 0.25) is 6.41 Å². The van der Waals surface area contributed by atoms with Gasteiger partial charge in [0.05, 0.1) is 17.6 Å². The first-order valence-electron chi connectivity index (χ1n) is 11.8. The van der Waals surface area contributed by atoms with Gasteiger partial charge in [-0.1, -0.05) is 24.3 Å². The van der Waals surface area contributed by atoms with E-state index in [1.54, 1.807) is 24.4 Å². The molecule has 2 fully saturated rings. The maximum atomic E-state index is 15.0. The number of aromatic hydroxyl groups is 1. The molecule has 2 aliphatic heterocycles. The number of hydrogen-bond donors (Lipinski definition) is 2. The largest absolute Gasteiger partial charge is 0.507 e. The van der Waals surface area contributed by atoms with E-state index in [1.807, 2.05) is 43.4 Å². The van der Waals surface area contributed by atoms with Crippen molar-refractivity contribution in [1.29, 1.82) is 0 Å². The lowest BCUT2D eigenvalue weighted by molar-refractivity contribution is -0.107. The van der Waals surface area contributed by atoms with Crippen molar-refractivity contribution in [2.24, 2.45) is 5.41 Å². The number of rotatable bonds is 8. The van der Waals surface area contributed by atoms with Gasteiger partial charge in [-0.25, -0.2) is 4.39 Å². The van der Waals surface area contributed by atoms with Gasteiger partial charge in [0.15, 0.2) is 0 Å². The number of anilines is 2. The second-order valence-electron chi connectivity index (χ2n) is 9.86. The number of phenolic OH excluding ortho intramolecular Hbond substituents is 1. The Bertz CT molecular complexity index is 1240. The number of amides is 1. The SMILES string of the molecule is CN(C)CCN(C=O)c1ccc(-c2cccc(-c3cncc(N4CC5(CNC5)C4)c3)c2O)cc1F. The number of para-hydroxylation sites is 1. The highest BCUT2D eigenvalue weighted by Crippen LogP contribution is 2.41. The van der Waals surface area contributed by atoms with Crippen LogP contribution in [0.25, 0.3) is 22.3 Å². The Balaban J connectivity index is 1.40. The summed E-state index contributed by atoms with van der Waals surface area (Å²) in [5.41, 5.74) is 4.16. The molecule has 0 unspecified atom stereocenters. The van der Waals surface area contributed by atoms with Crippen LogP contribution in [0, 0.1) is 11.2 Å². The van der Waals surface area contributed by atoms with Crippen LogP contribution in [0.15, 0.2) is 54.9 Å². The third-order valence-electron chi connectivity index (χ3n) is 6.97. The van der Waals surface area contributed by atoms with Crippen LogP contribution in [0.4, 0.5) is 15.8 Å². The van der Waals surface area contributed by atoms with Crippen LogP contribution in [0.2, 0.25) is 0 Å². The van der Waals surface area contributed by atoms with E-state index in [4.69, 9.17) is 0 Å². The topological polar surface area (TPSA) is 71.9 Å². The van der Waals surface area contributed by atoms with Crippen LogP contribution in [0.3, 0.4) is 0 Å². The van der Waals surface area contributed by atoms with E-state index in [0.29, 0.717) is 41.6 Å². The second-order valence-corrected chi connectivity index (χ2v) is 9.86. The van der Waals surface area contributed by atoms with Crippen molar-refractivity contribution in [2.45, 2.75) is 0 Å². The number of carbonyl (C=O) groups is 1. The van der Waals surface area contributed by atoms with Gasteiger partial charge in [-0.15, -0.1) is 0 Å². The zero-order chi connectivity index (χ0) is 24.6. The van der Waals surface area contributed by atoms with Crippen molar-refractivity contribution in [3.8, 4) is 28.0 Å². The molecule has 1 amide bonds. The highest BCUT2D eigenvalue weighted by atomic mass is 19.1. The number of nitrogens with zero attached hydrogens (tertiary/aromatic N) is 4. The molecule has 8 heteroatoms. The van der Waals surface area contributed by atoms with E-state index >= 15 is 4.39 Å². The molecule has 182 valence electrons. The normalized spacial score (nSPS) is 16.2. The molecule has 5 rings (SSSR count). The number of phenols is 1. The third-order valence-corrected chi connectivity index (χ3v) is 6.97. The van der Waals surface area contributed by atoms with Crippen molar-refractivity contribution in [2.75, 3.05) is 63.2 Å². The van der Waals surface area contributed by atoms with Gasteiger partial charge in [-0.05, 0) is 37.9 Å². The highest BCUT2D eigenvalue weighted by Gasteiger charge is 2.47. The fraction of sp³-hybridized carbons (Fsp3) is 0.333. The van der Waals surface area contributed by atoms with Crippen molar-refractivity contribution >= 4 is 17.8 Å². The molecule has 0 aliphatic carbocycles. The molecule has 0 bridgehead atoms. The van der Waals surface area contributed by atoms with Crippen LogP contribution >= 0.6 is 0 Å². The summed E-state index contributed by atoms with van der Waals surface area (Å²) in [6, 6.07) is 12.2. The molecule has 7 nitrogen and oxygen atoms in total. The average Bonchev–Trinajstić information content (AvgIpc) is 2.78. The molecule has 3 aromatic rings. The summed E-state index contributed by atoms with van der Waals surface area (Å²) in [7, 11) is 3.80. The van der Waals surface area contributed by atoms with E-state index in [-0.39, 0.29) is 11.4 Å². The Labute approximate surface area is 204 Å². The van der Waals surface area contributed by atoms with Crippen molar-refractivity contribution in [3.05, 3.63) is 60.7 Å². The quantitative estimate of drug-likeness (QED) is 0.488. The Morgan fingerprint density at radius 2 is 1.83 bits per heavy atom. The Kier molecular flexibility index (Phi) is 6.17. The molecule has 35 heavy (non-hydrogen) atoms. The molecule has 1 spiro atoms. The number of aromatic nitrogens is 1. The smallest absolute Gasteiger partial charge is 0.214 e. The van der Waals surface area contributed by atoms with E-state index in [9.17, 15) is 9.90 Å². The molecule has 2 N–H and O–H groups in total. The van der Waals surface area contributed by atoms with Crippen molar-refractivity contribution < 1.29 is 14.3 Å². The molecule has 0 saturated carbocycles. The maximum Gasteiger partial charge on any atom is 0.214 e. The summed E-state index contributed by atoms with van der Waals surface area (Å²) >= 11 is 0. The summed E-state index contributed by atoms with van der Waals surface area (Å²) in [4.78, 5) is 21.5. The number of nitrogens with one attached hydrogen (secondary N) is 1. The zero-order valence-corrected chi connectivity index (χ0v) is 20.0. The maximum absolute atomic E-state index is 15.0. The first kappa shape index (κ1) is 23.3. The van der Waals surface area contributed by atoms with Gasteiger partial charge in [0.25, 0.3) is 0 Å². The van der Waals surface area contributed by atoms with Gasteiger partial charge >= 0.3 is 0 Å². The first-order valence-corrected chi connectivity index (χ1v) is 11.8. The predicted octanol–water partition coefficient (Wildman–Crippen LogP) is 3.19. The summed E-state index contributed by atoms with van der Waals surface area (Å²) in [6.45, 7) is 5.14. The van der Waals surface area contributed by atoms with Crippen LogP contribution in [-0.2, 0) is 4.79 Å². The number of pyridine rings is 1. The summed E-state index contributed by atoms with van der Waals surface area (Å²) in [5.74, 6) is -0.444. The molecule has 2 aliphatic rings. The average molecular weight is 476 g/mol. The minimum absolute atomic E-state index is 0.0710. The van der Waals surface area contributed by atoms with Gasteiger partial charge < -0.3 is 25.1 Å². The van der Waals surface area contributed by atoms with Crippen molar-refractivity contribution in [3.63, 3.8) is 0 Å². The van der Waals surface area contributed by atoms with Crippen molar-refractivity contribution in [1.82, 2.24) is 15.2 Å². The predicted molar refractivity (Wildman–Crippen MR) is 136 cm³/mol. The fourth-order valence-corrected chi connectivity index (χ4v) is 4.85. The molecule has 2 saturated heterocycles. The van der Waals surface area contributed by atoms with Gasteiger partial charge in [-0.2, -0.15) is 0 Å². The lowest BCUT2D eigenvalue weighted by atomic mass is 9.74. The molecular formula is C27H30FN5O2. The lowest BCUT2D eigenvalue weighted by Crippen LogP contribution is -2.71. The molecule has 0 atom stereocenters. The Morgan fingerprint density at radius 3 is 2.46 bits per heavy atom. The highest BCUT2D eigenvalue weighted by molar-refractivity contribution is 5.84. The first-order chi connectivity index (χ1) is 16.9. The van der Waals surface area contributed by atoms with Crippen LogP contribution in [0.1, 0.15) is 0 Å². The summed E-state index contributed by atoms with van der Waals surface area (Å²) in [6.07, 6.45) is 4.23. The zero-order valence-electron chi connectivity index (χ0n) is 20.0. The van der Waals surface area contributed by atoms with Gasteiger partial charge in [-0.3, -0.25) is 9.78 Å². The minimum atomic E-state index is -0.515.